The van der Waals surface area contributed by atoms with Crippen LogP contribution in [0.2, 0.25) is 0 Å². The molecule has 0 N–H and O–H groups in total. The molecule has 1 aromatic carbocycles. The van der Waals surface area contributed by atoms with Crippen molar-refractivity contribution in [3.63, 3.8) is 0 Å². The van der Waals surface area contributed by atoms with E-state index in [1.165, 1.54) is 4.88 Å². The SMILES string of the molecule is COc1ccccc1OC[C@@H]1c2ccsc2CCN1C(=O)CN(CC(C)C)C(=O)C(C)C. The zero-order valence-electron chi connectivity index (χ0n) is 19.7. The van der Waals surface area contributed by atoms with Crippen molar-refractivity contribution in [3.05, 3.63) is 46.2 Å². The molecule has 6 nitrogen and oxygen atoms in total. The summed E-state index contributed by atoms with van der Waals surface area (Å²) in [5, 5.41) is 2.07. The number of nitrogens with zero attached hydrogens (tertiary/aromatic N) is 2. The van der Waals surface area contributed by atoms with Crippen LogP contribution >= 0.6 is 11.3 Å². The fourth-order valence-electron chi connectivity index (χ4n) is 4.07. The molecule has 0 saturated heterocycles. The third-order valence-electron chi connectivity index (χ3n) is 5.60. The van der Waals surface area contributed by atoms with Gasteiger partial charge in [0.1, 0.15) is 6.61 Å². The van der Waals surface area contributed by atoms with Crippen LogP contribution in [0.15, 0.2) is 35.7 Å². The number of carbonyl (C=O) groups is 2. The number of rotatable bonds is 9. The van der Waals surface area contributed by atoms with Crippen LogP contribution < -0.4 is 9.47 Å². The number of thiophene rings is 1. The molecule has 2 heterocycles. The lowest BCUT2D eigenvalue weighted by molar-refractivity contribution is -0.144. The third-order valence-corrected chi connectivity index (χ3v) is 6.59. The Hall–Kier alpha value is -2.54. The lowest BCUT2D eigenvalue weighted by Crippen LogP contribution is -2.49. The molecule has 0 fully saturated rings. The minimum Gasteiger partial charge on any atom is -0.493 e. The summed E-state index contributed by atoms with van der Waals surface area (Å²) in [6, 6.07) is 9.41. The summed E-state index contributed by atoms with van der Waals surface area (Å²) in [7, 11) is 1.62. The first-order valence-corrected chi connectivity index (χ1v) is 12.1. The molecule has 0 bridgehead atoms. The molecular weight excluding hydrogens is 424 g/mol. The normalized spacial score (nSPS) is 15.6. The standard InChI is InChI=1S/C25H34N2O4S/c1-17(2)14-26(25(29)18(3)4)15-24(28)27-12-10-23-19(11-13-32-23)20(27)16-31-22-9-7-6-8-21(22)30-5/h6-9,11,13,17-18,20H,10,12,14-16H2,1-5H3/t20-/m1/s1. The van der Waals surface area contributed by atoms with Gasteiger partial charge in [-0.15, -0.1) is 11.3 Å². The summed E-state index contributed by atoms with van der Waals surface area (Å²) < 4.78 is 11.5. The topological polar surface area (TPSA) is 59.1 Å². The second-order valence-electron chi connectivity index (χ2n) is 8.88. The van der Waals surface area contributed by atoms with Gasteiger partial charge in [-0.2, -0.15) is 0 Å². The van der Waals surface area contributed by atoms with Crippen LogP contribution in [-0.2, 0) is 16.0 Å². The van der Waals surface area contributed by atoms with Crippen LogP contribution in [0, 0.1) is 11.8 Å². The molecule has 2 amide bonds. The zero-order valence-corrected chi connectivity index (χ0v) is 20.5. The van der Waals surface area contributed by atoms with E-state index in [1.807, 2.05) is 43.0 Å². The predicted octanol–water partition coefficient (Wildman–Crippen LogP) is 4.40. The molecule has 3 rings (SSSR count). The van der Waals surface area contributed by atoms with Gasteiger partial charge in [0.2, 0.25) is 11.8 Å². The second kappa shape index (κ2) is 10.9. The number of carbonyl (C=O) groups excluding carboxylic acids is 2. The van der Waals surface area contributed by atoms with Gasteiger partial charge in [-0.3, -0.25) is 9.59 Å². The summed E-state index contributed by atoms with van der Waals surface area (Å²) >= 11 is 1.72. The van der Waals surface area contributed by atoms with Crippen LogP contribution in [0.25, 0.3) is 0 Å². The largest absolute Gasteiger partial charge is 0.493 e. The van der Waals surface area contributed by atoms with Gasteiger partial charge in [0, 0.05) is 23.9 Å². The van der Waals surface area contributed by atoms with E-state index in [0.717, 1.165) is 12.0 Å². The first kappa shape index (κ1) is 24.1. The molecule has 7 heteroatoms. The van der Waals surface area contributed by atoms with Gasteiger partial charge in [0.15, 0.2) is 11.5 Å². The van der Waals surface area contributed by atoms with Crippen molar-refractivity contribution in [1.82, 2.24) is 9.80 Å². The number of fused-ring (bicyclic) bond motifs is 1. The van der Waals surface area contributed by atoms with Gasteiger partial charge < -0.3 is 19.3 Å². The maximum absolute atomic E-state index is 13.4. The molecule has 0 spiro atoms. The summed E-state index contributed by atoms with van der Waals surface area (Å²) in [5.41, 5.74) is 1.13. The van der Waals surface area contributed by atoms with Crippen molar-refractivity contribution < 1.29 is 19.1 Å². The van der Waals surface area contributed by atoms with E-state index < -0.39 is 0 Å². The Labute approximate surface area is 195 Å². The van der Waals surface area contributed by atoms with Crippen LogP contribution in [0.3, 0.4) is 0 Å². The van der Waals surface area contributed by atoms with Crippen LogP contribution in [0.4, 0.5) is 0 Å². The van der Waals surface area contributed by atoms with E-state index in [9.17, 15) is 9.59 Å². The minimum atomic E-state index is -0.197. The maximum Gasteiger partial charge on any atom is 0.242 e. The average molecular weight is 459 g/mol. The monoisotopic (exact) mass is 458 g/mol. The third kappa shape index (κ3) is 5.63. The van der Waals surface area contributed by atoms with Gasteiger partial charge in [-0.05, 0) is 41.5 Å². The molecule has 32 heavy (non-hydrogen) atoms. The van der Waals surface area contributed by atoms with E-state index in [1.54, 1.807) is 23.3 Å². The average Bonchev–Trinajstić information content (AvgIpc) is 3.25. The molecule has 0 saturated carbocycles. The number of amides is 2. The van der Waals surface area contributed by atoms with Gasteiger partial charge >= 0.3 is 0 Å². The minimum absolute atomic E-state index is 0.0158. The fourth-order valence-corrected chi connectivity index (χ4v) is 5.00. The van der Waals surface area contributed by atoms with Crippen molar-refractivity contribution in [3.8, 4) is 11.5 Å². The molecule has 1 aliphatic rings. The molecule has 0 unspecified atom stereocenters. The molecular formula is C25H34N2O4S. The Kier molecular flexibility index (Phi) is 8.18. The molecule has 1 aliphatic heterocycles. The lowest BCUT2D eigenvalue weighted by Gasteiger charge is -2.37. The predicted molar refractivity (Wildman–Crippen MR) is 127 cm³/mol. The van der Waals surface area contributed by atoms with E-state index in [0.29, 0.717) is 37.1 Å². The number of methoxy groups -OCH3 is 1. The Bertz CT molecular complexity index is 924. The van der Waals surface area contributed by atoms with E-state index in [-0.39, 0.29) is 30.3 Å². The molecule has 2 aromatic rings. The number of para-hydroxylation sites is 2. The van der Waals surface area contributed by atoms with Gasteiger partial charge in [-0.1, -0.05) is 39.8 Å². The second-order valence-corrected chi connectivity index (χ2v) is 9.88. The van der Waals surface area contributed by atoms with E-state index in [4.69, 9.17) is 9.47 Å². The lowest BCUT2D eigenvalue weighted by atomic mass is 10.00. The summed E-state index contributed by atoms with van der Waals surface area (Å²) in [6.45, 7) is 9.50. The first-order chi connectivity index (χ1) is 15.3. The Morgan fingerprint density at radius 2 is 1.88 bits per heavy atom. The van der Waals surface area contributed by atoms with Crippen molar-refractivity contribution in [2.75, 3.05) is 33.4 Å². The van der Waals surface area contributed by atoms with Gasteiger partial charge in [0.25, 0.3) is 0 Å². The Balaban J connectivity index is 1.80. The highest BCUT2D eigenvalue weighted by molar-refractivity contribution is 7.10. The van der Waals surface area contributed by atoms with Gasteiger partial charge in [0.05, 0.1) is 19.7 Å². The number of benzene rings is 1. The number of ether oxygens (including phenoxy) is 2. The summed E-state index contributed by atoms with van der Waals surface area (Å²) in [6.07, 6.45) is 0.826. The highest BCUT2D eigenvalue weighted by Gasteiger charge is 2.34. The van der Waals surface area contributed by atoms with Gasteiger partial charge in [-0.25, -0.2) is 0 Å². The zero-order chi connectivity index (χ0) is 23.3. The highest BCUT2D eigenvalue weighted by atomic mass is 32.1. The maximum atomic E-state index is 13.4. The Morgan fingerprint density at radius 1 is 1.16 bits per heavy atom. The highest BCUT2D eigenvalue weighted by Crippen LogP contribution is 2.35. The van der Waals surface area contributed by atoms with Crippen LogP contribution in [0.1, 0.15) is 44.2 Å². The summed E-state index contributed by atoms with van der Waals surface area (Å²) in [5.74, 6) is 1.45. The van der Waals surface area contributed by atoms with Crippen LogP contribution in [0.5, 0.6) is 11.5 Å². The molecule has 1 aromatic heterocycles. The smallest absolute Gasteiger partial charge is 0.242 e. The van der Waals surface area contributed by atoms with Crippen molar-refractivity contribution >= 4 is 23.2 Å². The molecule has 1 atom stereocenters. The quantitative estimate of drug-likeness (QED) is 0.559. The van der Waals surface area contributed by atoms with E-state index >= 15 is 0 Å². The first-order valence-electron chi connectivity index (χ1n) is 11.2. The number of hydrogen-bond donors (Lipinski definition) is 0. The summed E-state index contributed by atoms with van der Waals surface area (Å²) in [4.78, 5) is 31.1. The van der Waals surface area contributed by atoms with Crippen molar-refractivity contribution in [2.24, 2.45) is 11.8 Å². The molecule has 0 aliphatic carbocycles. The Morgan fingerprint density at radius 3 is 2.53 bits per heavy atom. The van der Waals surface area contributed by atoms with Crippen molar-refractivity contribution in [2.45, 2.75) is 40.2 Å². The fraction of sp³-hybridized carbons (Fsp3) is 0.520. The van der Waals surface area contributed by atoms with Crippen LogP contribution in [-0.4, -0.2) is 55.0 Å². The molecule has 0 radical (unpaired) electrons. The molecule has 174 valence electrons. The number of hydrogen-bond acceptors (Lipinski definition) is 5. The van der Waals surface area contributed by atoms with Crippen molar-refractivity contribution in [1.29, 1.82) is 0 Å². The van der Waals surface area contributed by atoms with E-state index in [2.05, 4.69) is 25.3 Å².